The molecule has 0 N–H and O–H groups in total. The van der Waals surface area contributed by atoms with Gasteiger partial charge in [0.15, 0.2) is 0 Å². The topological polar surface area (TPSA) is 51.7 Å². The lowest BCUT2D eigenvalue weighted by atomic mass is 9.95. The van der Waals surface area contributed by atoms with Gasteiger partial charge in [-0.15, -0.1) is 16.4 Å². The summed E-state index contributed by atoms with van der Waals surface area (Å²) in [6.45, 7) is 6.49. The van der Waals surface area contributed by atoms with Gasteiger partial charge in [0.1, 0.15) is 10.8 Å². The lowest BCUT2D eigenvalue weighted by Crippen LogP contribution is -2.36. The van der Waals surface area contributed by atoms with Crippen LogP contribution in [0.25, 0.3) is 0 Å². The fourth-order valence-corrected chi connectivity index (χ4v) is 3.83. The molecule has 0 atom stereocenters. The lowest BCUT2D eigenvalue weighted by Gasteiger charge is -2.30. The normalized spacial score (nSPS) is 15.8. The van der Waals surface area contributed by atoms with Gasteiger partial charge < -0.3 is 9.57 Å². The summed E-state index contributed by atoms with van der Waals surface area (Å²) in [5.74, 6) is 1.37. The molecule has 140 valence electrons. The van der Waals surface area contributed by atoms with E-state index in [0.717, 1.165) is 49.7 Å². The number of hydrogen-bond donors (Lipinski definition) is 0. The van der Waals surface area contributed by atoms with E-state index in [4.69, 9.17) is 9.57 Å². The van der Waals surface area contributed by atoms with Crippen molar-refractivity contribution >= 4 is 17.3 Å². The van der Waals surface area contributed by atoms with Crippen LogP contribution < -0.4 is 4.74 Å². The number of aryl methyl sites for hydroxylation is 2. The molecule has 1 aliphatic rings. The Morgan fingerprint density at radius 2 is 2.12 bits per heavy atom. The molecule has 2 aromatic rings. The number of benzene rings is 1. The van der Waals surface area contributed by atoms with Gasteiger partial charge in [0.05, 0.1) is 13.0 Å². The van der Waals surface area contributed by atoms with Gasteiger partial charge in [0.2, 0.25) is 0 Å². The summed E-state index contributed by atoms with van der Waals surface area (Å²) in [7, 11) is 0. The van der Waals surface area contributed by atoms with E-state index >= 15 is 0 Å². The zero-order chi connectivity index (χ0) is 18.4. The van der Waals surface area contributed by atoms with E-state index in [2.05, 4.69) is 37.0 Å². The second-order valence-corrected chi connectivity index (χ2v) is 7.82. The van der Waals surface area contributed by atoms with E-state index in [-0.39, 0.29) is 12.4 Å². The van der Waals surface area contributed by atoms with Gasteiger partial charge in [-0.1, -0.05) is 17.7 Å². The van der Waals surface area contributed by atoms with Crippen molar-refractivity contribution in [3.63, 3.8) is 0 Å². The molecule has 1 aromatic heterocycles. The average molecular weight is 375 g/mol. The fourth-order valence-electron chi connectivity index (χ4n) is 3.23. The fraction of sp³-hybridized carbons (Fsp3) is 0.500. The van der Waals surface area contributed by atoms with E-state index in [0.29, 0.717) is 5.92 Å². The molecule has 0 aliphatic carbocycles. The van der Waals surface area contributed by atoms with Crippen molar-refractivity contribution in [1.29, 1.82) is 0 Å². The molecular weight excluding hydrogens is 348 g/mol. The summed E-state index contributed by atoms with van der Waals surface area (Å²) in [6, 6.07) is 6.28. The highest BCUT2D eigenvalue weighted by Gasteiger charge is 2.22. The van der Waals surface area contributed by atoms with Crippen LogP contribution in [0.5, 0.6) is 5.75 Å². The van der Waals surface area contributed by atoms with E-state index < -0.39 is 0 Å². The van der Waals surface area contributed by atoms with Crippen LogP contribution in [0.3, 0.4) is 0 Å². The van der Waals surface area contributed by atoms with Crippen LogP contribution in [-0.4, -0.2) is 35.7 Å². The number of ether oxygens (including phenoxy) is 1. The van der Waals surface area contributed by atoms with Gasteiger partial charge in [-0.2, -0.15) is 0 Å². The molecule has 0 bridgehead atoms. The third-order valence-corrected chi connectivity index (χ3v) is 5.48. The third kappa shape index (κ3) is 5.54. The predicted molar refractivity (Wildman–Crippen MR) is 102 cm³/mol. The summed E-state index contributed by atoms with van der Waals surface area (Å²) in [6.07, 6.45) is 5.05. The molecule has 1 saturated heterocycles. The highest BCUT2D eigenvalue weighted by atomic mass is 32.1. The molecule has 0 saturated carbocycles. The Hall–Kier alpha value is -1.92. The molecule has 2 heterocycles. The maximum atomic E-state index is 11.9. The smallest absolute Gasteiger partial charge is 0.331 e. The highest BCUT2D eigenvalue weighted by Crippen LogP contribution is 2.23. The molecule has 1 aromatic carbocycles. The molecule has 1 aliphatic heterocycles. The van der Waals surface area contributed by atoms with Gasteiger partial charge >= 0.3 is 5.97 Å². The van der Waals surface area contributed by atoms with E-state index in [1.807, 2.05) is 5.38 Å². The van der Waals surface area contributed by atoms with Crippen molar-refractivity contribution in [3.8, 4) is 5.75 Å². The van der Waals surface area contributed by atoms with Gasteiger partial charge in [-0.25, -0.2) is 9.78 Å². The first-order chi connectivity index (χ1) is 12.6. The number of carbonyl (C=O) groups is 1. The van der Waals surface area contributed by atoms with Crippen molar-refractivity contribution in [3.05, 3.63) is 45.9 Å². The van der Waals surface area contributed by atoms with Gasteiger partial charge in [-0.05, 0) is 50.7 Å². The van der Waals surface area contributed by atoms with Crippen LogP contribution >= 0.6 is 11.3 Å². The van der Waals surface area contributed by atoms with Crippen molar-refractivity contribution in [2.75, 3.05) is 19.7 Å². The number of thiazole rings is 1. The molecule has 26 heavy (non-hydrogen) atoms. The largest absolute Gasteiger partial charge is 0.493 e. The van der Waals surface area contributed by atoms with Gasteiger partial charge in [-0.3, -0.25) is 0 Å². The maximum Gasteiger partial charge on any atom is 0.331 e. The molecule has 3 rings (SSSR count). The van der Waals surface area contributed by atoms with Crippen molar-refractivity contribution in [2.24, 2.45) is 5.92 Å². The predicted octanol–water partition coefficient (Wildman–Crippen LogP) is 3.94. The first kappa shape index (κ1) is 18.9. The van der Waals surface area contributed by atoms with Crippen LogP contribution in [0.15, 0.2) is 29.8 Å². The van der Waals surface area contributed by atoms with Crippen LogP contribution in [0.4, 0.5) is 0 Å². The number of rotatable bonds is 7. The summed E-state index contributed by atoms with van der Waals surface area (Å²) in [5, 5.41) is 4.46. The van der Waals surface area contributed by atoms with E-state index in [1.54, 1.807) is 11.3 Å². The van der Waals surface area contributed by atoms with Crippen molar-refractivity contribution in [1.82, 2.24) is 10.0 Å². The average Bonchev–Trinajstić information content (AvgIpc) is 3.11. The van der Waals surface area contributed by atoms with E-state index in [9.17, 15) is 4.79 Å². The Labute approximate surface area is 158 Å². The number of carbonyl (C=O) groups excluding carboxylic acids is 1. The SMILES string of the molecule is Cc1ccc(OCCC2CCN(OC(=O)Cc3nccs3)CC2)c(C)c1. The Morgan fingerprint density at radius 3 is 2.81 bits per heavy atom. The lowest BCUT2D eigenvalue weighted by molar-refractivity contribution is -0.196. The zero-order valence-corrected chi connectivity index (χ0v) is 16.3. The van der Waals surface area contributed by atoms with Crippen LogP contribution in [0.2, 0.25) is 0 Å². The van der Waals surface area contributed by atoms with Gasteiger partial charge in [0.25, 0.3) is 0 Å². The first-order valence-electron chi connectivity index (χ1n) is 9.14. The first-order valence-corrected chi connectivity index (χ1v) is 10.0. The third-order valence-electron chi connectivity index (χ3n) is 4.70. The van der Waals surface area contributed by atoms with Crippen molar-refractivity contribution < 1.29 is 14.4 Å². The molecule has 1 fully saturated rings. The van der Waals surface area contributed by atoms with Crippen LogP contribution in [-0.2, 0) is 16.1 Å². The second kappa shape index (κ2) is 9.14. The van der Waals surface area contributed by atoms with E-state index in [1.165, 1.54) is 22.5 Å². The quantitative estimate of drug-likeness (QED) is 0.735. The molecule has 0 unspecified atom stereocenters. The monoisotopic (exact) mass is 374 g/mol. The Morgan fingerprint density at radius 1 is 1.31 bits per heavy atom. The maximum absolute atomic E-state index is 11.9. The standard InChI is InChI=1S/C20H26N2O3S/c1-15-3-4-18(16(2)13-15)24-11-7-17-5-9-22(10-6-17)25-20(23)14-19-21-8-12-26-19/h3-4,8,12-13,17H,5-7,9-11,14H2,1-2H3. The Bertz CT molecular complexity index is 710. The second-order valence-electron chi connectivity index (χ2n) is 6.84. The highest BCUT2D eigenvalue weighted by molar-refractivity contribution is 7.09. The number of piperidine rings is 1. The summed E-state index contributed by atoms with van der Waals surface area (Å²) < 4.78 is 5.94. The summed E-state index contributed by atoms with van der Waals surface area (Å²) >= 11 is 1.48. The van der Waals surface area contributed by atoms with Crippen LogP contribution in [0.1, 0.15) is 35.4 Å². The summed E-state index contributed by atoms with van der Waals surface area (Å²) in [4.78, 5) is 21.5. The number of nitrogens with zero attached hydrogens (tertiary/aromatic N) is 2. The number of aromatic nitrogens is 1. The minimum absolute atomic E-state index is 0.225. The summed E-state index contributed by atoms with van der Waals surface area (Å²) in [5.41, 5.74) is 2.44. The molecule has 0 spiro atoms. The number of hydroxylamine groups is 2. The molecule has 5 nitrogen and oxygen atoms in total. The van der Waals surface area contributed by atoms with Crippen molar-refractivity contribution in [2.45, 2.75) is 39.5 Å². The Kier molecular flexibility index (Phi) is 6.63. The number of hydrogen-bond acceptors (Lipinski definition) is 6. The minimum atomic E-state index is -0.225. The molecular formula is C20H26N2O3S. The molecule has 0 radical (unpaired) electrons. The Balaban J connectivity index is 1.34. The van der Waals surface area contributed by atoms with Gasteiger partial charge in [0, 0.05) is 24.7 Å². The minimum Gasteiger partial charge on any atom is -0.493 e. The van der Waals surface area contributed by atoms with Crippen LogP contribution in [0, 0.1) is 19.8 Å². The zero-order valence-electron chi connectivity index (χ0n) is 15.4. The molecule has 6 heteroatoms. The molecule has 0 amide bonds.